The molecule has 7 nitrogen and oxygen atoms in total. The lowest BCUT2D eigenvalue weighted by Crippen LogP contribution is -2.34. The smallest absolute Gasteiger partial charge is 0.340 e. The molecule has 0 aliphatic carbocycles. The highest BCUT2D eigenvalue weighted by Crippen LogP contribution is 2.31. The fraction of sp³-hybridized carbons (Fsp3) is 0.556. The molecule has 0 bridgehead atoms. The van der Waals surface area contributed by atoms with E-state index in [4.69, 9.17) is 4.74 Å². The van der Waals surface area contributed by atoms with E-state index < -0.39 is 15.8 Å². The van der Waals surface area contributed by atoms with Crippen molar-refractivity contribution in [2.45, 2.75) is 44.1 Å². The van der Waals surface area contributed by atoms with Gasteiger partial charge in [0.25, 0.3) is 0 Å². The minimum Gasteiger partial charge on any atom is -0.465 e. The molecule has 1 unspecified atom stereocenters. The van der Waals surface area contributed by atoms with E-state index >= 15 is 0 Å². The Morgan fingerprint density at radius 2 is 2.04 bits per heavy atom. The van der Waals surface area contributed by atoms with Gasteiger partial charge in [-0.3, -0.25) is 4.79 Å². The highest BCUT2D eigenvalue weighted by molar-refractivity contribution is 7.90. The summed E-state index contributed by atoms with van der Waals surface area (Å²) in [6.45, 7) is 4.84. The Labute approximate surface area is 154 Å². The number of amides is 1. The van der Waals surface area contributed by atoms with E-state index in [0.717, 1.165) is 19.1 Å². The SMILES string of the molecule is COC(=O)c1cc(S(C)(=O)=O)ccc1NC(=O)CC1CCC(C)(C)CO1. The normalized spacial score (nSPS) is 19.6. The monoisotopic (exact) mass is 383 g/mol. The largest absolute Gasteiger partial charge is 0.465 e. The van der Waals surface area contributed by atoms with Gasteiger partial charge in [-0.05, 0) is 36.5 Å². The van der Waals surface area contributed by atoms with Crippen molar-refractivity contribution in [3.05, 3.63) is 23.8 Å². The minimum absolute atomic E-state index is 0.00512. The summed E-state index contributed by atoms with van der Waals surface area (Å²) in [6.07, 6.45) is 2.81. The molecule has 1 amide bonds. The molecule has 2 rings (SSSR count). The van der Waals surface area contributed by atoms with E-state index in [2.05, 4.69) is 23.9 Å². The van der Waals surface area contributed by atoms with E-state index in [0.29, 0.717) is 6.61 Å². The van der Waals surface area contributed by atoms with Crippen LogP contribution in [0.2, 0.25) is 0 Å². The molecule has 1 aliphatic rings. The quantitative estimate of drug-likeness (QED) is 0.784. The molecule has 1 N–H and O–H groups in total. The third kappa shape index (κ3) is 5.28. The van der Waals surface area contributed by atoms with Gasteiger partial charge in [0.1, 0.15) is 0 Å². The lowest BCUT2D eigenvalue weighted by molar-refractivity contribution is -0.122. The van der Waals surface area contributed by atoms with Crippen molar-refractivity contribution < 1.29 is 27.5 Å². The Morgan fingerprint density at radius 3 is 2.58 bits per heavy atom. The number of sulfone groups is 1. The number of hydrogen-bond acceptors (Lipinski definition) is 6. The lowest BCUT2D eigenvalue weighted by atomic mass is 9.85. The first-order valence-corrected chi connectivity index (χ1v) is 10.2. The number of methoxy groups -OCH3 is 1. The van der Waals surface area contributed by atoms with Crippen LogP contribution in [0.5, 0.6) is 0 Å². The van der Waals surface area contributed by atoms with E-state index in [1.807, 2.05) is 0 Å². The Bertz CT molecular complexity index is 790. The Balaban J connectivity index is 2.13. The summed E-state index contributed by atoms with van der Waals surface area (Å²) in [4.78, 5) is 24.3. The van der Waals surface area contributed by atoms with Crippen LogP contribution in [0.4, 0.5) is 5.69 Å². The molecule has 1 heterocycles. The molecule has 26 heavy (non-hydrogen) atoms. The summed E-state index contributed by atoms with van der Waals surface area (Å²) in [7, 11) is -2.29. The van der Waals surface area contributed by atoms with Crippen molar-refractivity contribution in [2.24, 2.45) is 5.41 Å². The molecular formula is C18H25NO6S. The fourth-order valence-corrected chi connectivity index (χ4v) is 3.41. The molecule has 1 saturated heterocycles. The van der Waals surface area contributed by atoms with Crippen LogP contribution in [0.3, 0.4) is 0 Å². The third-order valence-corrected chi connectivity index (χ3v) is 5.47. The van der Waals surface area contributed by atoms with Gasteiger partial charge in [0.2, 0.25) is 5.91 Å². The summed E-state index contributed by atoms with van der Waals surface area (Å²) in [6, 6.07) is 3.94. The molecule has 1 aromatic carbocycles. The fourth-order valence-electron chi connectivity index (χ4n) is 2.76. The van der Waals surface area contributed by atoms with Gasteiger partial charge in [0.05, 0.1) is 42.4 Å². The van der Waals surface area contributed by atoms with Crippen LogP contribution in [0.15, 0.2) is 23.1 Å². The predicted octanol–water partition coefficient (Wildman–Crippen LogP) is 2.41. The molecule has 1 fully saturated rings. The van der Waals surface area contributed by atoms with E-state index in [-0.39, 0.29) is 40.0 Å². The molecule has 144 valence electrons. The molecule has 1 aromatic rings. The van der Waals surface area contributed by atoms with E-state index in [1.165, 1.54) is 25.3 Å². The third-order valence-electron chi connectivity index (χ3n) is 4.36. The van der Waals surface area contributed by atoms with Crippen molar-refractivity contribution in [1.82, 2.24) is 0 Å². The van der Waals surface area contributed by atoms with Crippen molar-refractivity contribution >= 4 is 27.4 Å². The van der Waals surface area contributed by atoms with Crippen LogP contribution in [0.1, 0.15) is 43.5 Å². The summed E-state index contributed by atoms with van der Waals surface area (Å²) < 4.78 is 33.8. The highest BCUT2D eigenvalue weighted by atomic mass is 32.2. The van der Waals surface area contributed by atoms with Gasteiger partial charge >= 0.3 is 5.97 Å². The summed E-state index contributed by atoms with van der Waals surface area (Å²) in [5, 5.41) is 2.66. The first-order valence-electron chi connectivity index (χ1n) is 8.36. The molecule has 1 aliphatic heterocycles. The van der Waals surface area contributed by atoms with Crippen LogP contribution in [-0.2, 0) is 24.1 Å². The molecule has 0 saturated carbocycles. The van der Waals surface area contributed by atoms with Crippen LogP contribution in [0, 0.1) is 5.41 Å². The van der Waals surface area contributed by atoms with E-state index in [1.54, 1.807) is 0 Å². The van der Waals surface area contributed by atoms with Gasteiger partial charge < -0.3 is 14.8 Å². The van der Waals surface area contributed by atoms with Crippen LogP contribution < -0.4 is 5.32 Å². The van der Waals surface area contributed by atoms with Crippen molar-refractivity contribution in [3.63, 3.8) is 0 Å². The average molecular weight is 383 g/mol. The first kappa shape index (κ1) is 20.4. The minimum atomic E-state index is -3.49. The second kappa shape index (κ2) is 7.75. The maximum absolute atomic E-state index is 12.3. The number of ether oxygens (including phenoxy) is 2. The molecular weight excluding hydrogens is 358 g/mol. The second-order valence-electron chi connectivity index (χ2n) is 7.36. The Morgan fingerprint density at radius 1 is 1.35 bits per heavy atom. The maximum Gasteiger partial charge on any atom is 0.340 e. The van der Waals surface area contributed by atoms with Gasteiger partial charge in [-0.1, -0.05) is 13.8 Å². The zero-order valence-electron chi connectivity index (χ0n) is 15.5. The number of nitrogens with one attached hydrogen (secondary N) is 1. The van der Waals surface area contributed by atoms with Crippen molar-refractivity contribution in [3.8, 4) is 0 Å². The molecule has 8 heteroatoms. The number of hydrogen-bond donors (Lipinski definition) is 1. The van der Waals surface area contributed by atoms with Crippen LogP contribution in [-0.4, -0.2) is 46.4 Å². The zero-order chi connectivity index (χ0) is 19.5. The van der Waals surface area contributed by atoms with Crippen LogP contribution in [0.25, 0.3) is 0 Å². The van der Waals surface area contributed by atoms with Gasteiger partial charge in [-0.25, -0.2) is 13.2 Å². The van der Waals surface area contributed by atoms with Gasteiger partial charge in [0.15, 0.2) is 9.84 Å². The predicted molar refractivity (Wildman–Crippen MR) is 96.9 cm³/mol. The topological polar surface area (TPSA) is 98.8 Å². The van der Waals surface area contributed by atoms with Crippen molar-refractivity contribution in [1.29, 1.82) is 0 Å². The van der Waals surface area contributed by atoms with Gasteiger partial charge in [0, 0.05) is 6.26 Å². The first-order chi connectivity index (χ1) is 12.0. The number of rotatable bonds is 5. The van der Waals surface area contributed by atoms with Gasteiger partial charge in [-0.2, -0.15) is 0 Å². The van der Waals surface area contributed by atoms with Gasteiger partial charge in [-0.15, -0.1) is 0 Å². The second-order valence-corrected chi connectivity index (χ2v) is 9.38. The maximum atomic E-state index is 12.3. The van der Waals surface area contributed by atoms with E-state index in [9.17, 15) is 18.0 Å². The molecule has 0 aromatic heterocycles. The number of esters is 1. The highest BCUT2D eigenvalue weighted by Gasteiger charge is 2.29. The Hall–Kier alpha value is -1.93. The summed E-state index contributed by atoms with van der Waals surface area (Å²) in [5.41, 5.74) is 0.326. The number of carbonyl (C=O) groups is 2. The Kier molecular flexibility index (Phi) is 6.08. The van der Waals surface area contributed by atoms with Crippen molar-refractivity contribution in [2.75, 3.05) is 25.3 Å². The standard InChI is InChI=1S/C18H25NO6S/c1-18(2)8-7-12(25-11-18)9-16(20)19-15-6-5-13(26(4,22)23)10-14(15)17(21)24-3/h5-6,10,12H,7-9,11H2,1-4H3,(H,19,20). The molecule has 1 atom stereocenters. The number of carbonyl (C=O) groups excluding carboxylic acids is 2. The summed E-state index contributed by atoms with van der Waals surface area (Å²) >= 11 is 0. The number of benzene rings is 1. The molecule has 0 radical (unpaired) electrons. The average Bonchev–Trinajstić information content (AvgIpc) is 2.55. The van der Waals surface area contributed by atoms with Crippen LogP contribution >= 0.6 is 0 Å². The lowest BCUT2D eigenvalue weighted by Gasteiger charge is -2.34. The zero-order valence-corrected chi connectivity index (χ0v) is 16.3. The number of anilines is 1. The summed E-state index contributed by atoms with van der Waals surface area (Å²) in [5.74, 6) is -1.02. The molecule has 0 spiro atoms.